The zero-order chi connectivity index (χ0) is 15.8. The third-order valence-corrected chi connectivity index (χ3v) is 6.77. The number of unbranched alkanes of at least 4 members (excludes halogenated alkanes) is 10. The molecular weight excluding hydrogens is 279 g/mol. The monoisotopic (exact) mass is 318 g/mol. The van der Waals surface area contributed by atoms with Crippen LogP contribution in [0.15, 0.2) is 0 Å². The fourth-order valence-corrected chi connectivity index (χ4v) is 4.36. The lowest BCUT2D eigenvalue weighted by Crippen LogP contribution is -2.00. The molecule has 0 aliphatic rings. The molecule has 0 heterocycles. The van der Waals surface area contributed by atoms with Gasteiger partial charge in [-0.1, -0.05) is 85.0 Å². The van der Waals surface area contributed by atoms with Crippen LogP contribution in [0.5, 0.6) is 0 Å². The first-order valence-electron chi connectivity index (χ1n) is 9.41. The average Bonchev–Trinajstić information content (AvgIpc) is 2.50. The van der Waals surface area contributed by atoms with Crippen molar-refractivity contribution < 1.29 is 9.09 Å². The van der Waals surface area contributed by atoms with Gasteiger partial charge >= 0.3 is 0 Å². The van der Waals surface area contributed by atoms with Crippen LogP contribution in [0.3, 0.4) is 0 Å². The summed E-state index contributed by atoms with van der Waals surface area (Å²) in [6.45, 7) is 7.19. The van der Waals surface area contributed by atoms with Gasteiger partial charge in [-0.05, 0) is 12.8 Å². The summed E-state index contributed by atoms with van der Waals surface area (Å²) in [7, 11) is -2.32. The summed E-state index contributed by atoms with van der Waals surface area (Å²) >= 11 is 0. The Hall–Kier alpha value is 0.190. The summed E-state index contributed by atoms with van der Waals surface area (Å²) < 4.78 is 18.4. The third-order valence-electron chi connectivity index (χ3n) is 4.16. The van der Waals surface area contributed by atoms with Gasteiger partial charge in [0, 0.05) is 12.3 Å². The van der Waals surface area contributed by atoms with E-state index in [0.29, 0.717) is 12.8 Å². The minimum absolute atomic E-state index is 0.701. The Balaban J connectivity index is 3.58. The second kappa shape index (κ2) is 15.1. The highest BCUT2D eigenvalue weighted by Crippen LogP contribution is 2.47. The van der Waals surface area contributed by atoms with Gasteiger partial charge in [0.15, 0.2) is 0 Å². The van der Waals surface area contributed by atoms with Crippen molar-refractivity contribution in [2.24, 2.45) is 0 Å². The van der Waals surface area contributed by atoms with Crippen LogP contribution in [0.25, 0.3) is 0 Å². The molecule has 0 rings (SSSR count). The van der Waals surface area contributed by atoms with Crippen molar-refractivity contribution >= 4 is 7.37 Å². The van der Waals surface area contributed by atoms with Gasteiger partial charge in [0.05, 0.1) is 6.61 Å². The Labute approximate surface area is 133 Å². The van der Waals surface area contributed by atoms with Crippen LogP contribution < -0.4 is 0 Å². The second-order valence-corrected chi connectivity index (χ2v) is 9.19. The second-order valence-electron chi connectivity index (χ2n) is 6.22. The quantitative estimate of drug-likeness (QED) is 0.226. The summed E-state index contributed by atoms with van der Waals surface area (Å²) in [5.41, 5.74) is 0. The molecule has 1 atom stereocenters. The van der Waals surface area contributed by atoms with E-state index in [1.807, 2.05) is 6.92 Å². The van der Waals surface area contributed by atoms with E-state index in [9.17, 15) is 4.57 Å². The first kappa shape index (κ1) is 21.2. The average molecular weight is 318 g/mol. The van der Waals surface area contributed by atoms with Gasteiger partial charge in [-0.2, -0.15) is 0 Å². The van der Waals surface area contributed by atoms with Crippen LogP contribution in [0, 0.1) is 0 Å². The summed E-state index contributed by atoms with van der Waals surface area (Å²) in [5.74, 6) is 0. The van der Waals surface area contributed by atoms with E-state index < -0.39 is 7.37 Å². The Bertz CT molecular complexity index is 254. The zero-order valence-electron chi connectivity index (χ0n) is 14.9. The van der Waals surface area contributed by atoms with Crippen LogP contribution in [-0.4, -0.2) is 18.9 Å². The maximum absolute atomic E-state index is 12.6. The molecule has 0 fully saturated rings. The van der Waals surface area contributed by atoms with Gasteiger partial charge in [0.1, 0.15) is 0 Å². The molecule has 0 amide bonds. The summed E-state index contributed by atoms with van der Waals surface area (Å²) in [4.78, 5) is 0. The fourth-order valence-electron chi connectivity index (χ4n) is 2.56. The minimum Gasteiger partial charge on any atom is -0.328 e. The largest absolute Gasteiger partial charge is 0.328 e. The topological polar surface area (TPSA) is 26.3 Å². The Morgan fingerprint density at radius 2 is 1.14 bits per heavy atom. The molecule has 128 valence electrons. The molecule has 0 aromatic rings. The fraction of sp³-hybridized carbons (Fsp3) is 1.00. The van der Waals surface area contributed by atoms with Crippen LogP contribution in [-0.2, 0) is 9.09 Å². The predicted octanol–water partition coefficient (Wildman–Crippen LogP) is 7.02. The molecule has 0 aromatic carbocycles. The van der Waals surface area contributed by atoms with Gasteiger partial charge in [0.25, 0.3) is 0 Å². The van der Waals surface area contributed by atoms with E-state index in [-0.39, 0.29) is 0 Å². The molecule has 0 bridgehead atoms. The van der Waals surface area contributed by atoms with Crippen molar-refractivity contribution in [2.45, 2.75) is 97.8 Å². The van der Waals surface area contributed by atoms with Crippen molar-refractivity contribution in [3.05, 3.63) is 0 Å². The first-order chi connectivity index (χ1) is 10.2. The smallest absolute Gasteiger partial charge is 0.202 e. The molecule has 0 aliphatic heterocycles. The van der Waals surface area contributed by atoms with E-state index in [1.54, 1.807) is 0 Å². The molecule has 21 heavy (non-hydrogen) atoms. The molecule has 1 unspecified atom stereocenters. The van der Waals surface area contributed by atoms with E-state index in [4.69, 9.17) is 4.52 Å². The van der Waals surface area contributed by atoms with E-state index >= 15 is 0 Å². The maximum atomic E-state index is 12.6. The number of hydrogen-bond acceptors (Lipinski definition) is 2. The Morgan fingerprint density at radius 3 is 1.67 bits per heavy atom. The molecule has 3 heteroatoms. The SMILES string of the molecule is CCCCCCCCOP(=O)(CC)CCCCCCCC. The highest BCUT2D eigenvalue weighted by atomic mass is 31.2. The minimum atomic E-state index is -2.32. The first-order valence-corrected chi connectivity index (χ1v) is 11.4. The van der Waals surface area contributed by atoms with Crippen LogP contribution in [0.1, 0.15) is 97.8 Å². The standard InChI is InChI=1S/C18H39O2P/c1-4-7-9-11-13-15-17-20-21(19,6-3)18-16-14-12-10-8-5-2/h4-18H2,1-3H3. The maximum Gasteiger partial charge on any atom is 0.202 e. The van der Waals surface area contributed by atoms with Crippen molar-refractivity contribution in [3.8, 4) is 0 Å². The lowest BCUT2D eigenvalue weighted by Gasteiger charge is -2.17. The van der Waals surface area contributed by atoms with E-state index in [2.05, 4.69) is 13.8 Å². The third kappa shape index (κ3) is 13.6. The summed E-state index contributed by atoms with van der Waals surface area (Å²) in [5, 5.41) is 0. The highest BCUT2D eigenvalue weighted by Gasteiger charge is 2.19. The lowest BCUT2D eigenvalue weighted by atomic mass is 10.1. The molecule has 0 N–H and O–H groups in total. The number of hydrogen-bond donors (Lipinski definition) is 0. The van der Waals surface area contributed by atoms with Gasteiger partial charge in [-0.25, -0.2) is 0 Å². The molecular formula is C18H39O2P. The van der Waals surface area contributed by atoms with Crippen molar-refractivity contribution in [1.82, 2.24) is 0 Å². The molecule has 0 radical (unpaired) electrons. The molecule has 0 spiro atoms. The van der Waals surface area contributed by atoms with Gasteiger partial charge in [0.2, 0.25) is 7.37 Å². The van der Waals surface area contributed by atoms with Gasteiger partial charge in [-0.3, -0.25) is 4.57 Å². The van der Waals surface area contributed by atoms with Gasteiger partial charge < -0.3 is 4.52 Å². The Morgan fingerprint density at radius 1 is 0.667 bits per heavy atom. The predicted molar refractivity (Wildman–Crippen MR) is 95.7 cm³/mol. The zero-order valence-corrected chi connectivity index (χ0v) is 15.8. The van der Waals surface area contributed by atoms with Gasteiger partial charge in [-0.15, -0.1) is 0 Å². The Kier molecular flexibility index (Phi) is 15.2. The van der Waals surface area contributed by atoms with Crippen molar-refractivity contribution in [2.75, 3.05) is 18.9 Å². The van der Waals surface area contributed by atoms with Crippen LogP contribution >= 0.6 is 7.37 Å². The molecule has 0 aromatic heterocycles. The van der Waals surface area contributed by atoms with Crippen LogP contribution in [0.4, 0.5) is 0 Å². The normalized spacial score (nSPS) is 14.2. The number of rotatable bonds is 16. The van der Waals surface area contributed by atoms with E-state index in [0.717, 1.165) is 19.0 Å². The van der Waals surface area contributed by atoms with Crippen LogP contribution in [0.2, 0.25) is 0 Å². The molecule has 0 saturated carbocycles. The van der Waals surface area contributed by atoms with Crippen molar-refractivity contribution in [3.63, 3.8) is 0 Å². The molecule has 0 saturated heterocycles. The summed E-state index contributed by atoms with van der Waals surface area (Å²) in [6, 6.07) is 0. The lowest BCUT2D eigenvalue weighted by molar-refractivity contribution is 0.301. The van der Waals surface area contributed by atoms with Crippen molar-refractivity contribution in [1.29, 1.82) is 0 Å². The molecule has 2 nitrogen and oxygen atoms in total. The van der Waals surface area contributed by atoms with E-state index in [1.165, 1.54) is 64.2 Å². The highest BCUT2D eigenvalue weighted by molar-refractivity contribution is 7.58. The summed E-state index contributed by atoms with van der Waals surface area (Å²) in [6.07, 6.45) is 16.6. The molecule has 0 aliphatic carbocycles.